The molecule has 0 bridgehead atoms. The van der Waals surface area contributed by atoms with Gasteiger partial charge in [-0.05, 0) is 43.3 Å². The monoisotopic (exact) mass is 427 g/mol. The number of amides is 1. The van der Waals surface area contributed by atoms with Gasteiger partial charge in [0.2, 0.25) is 0 Å². The zero-order valence-corrected chi connectivity index (χ0v) is 17.7. The number of nitrogens with one attached hydrogen (secondary N) is 1. The highest BCUT2D eigenvalue weighted by molar-refractivity contribution is 7.07. The summed E-state index contributed by atoms with van der Waals surface area (Å²) in [4.78, 5) is 19.2. The third kappa shape index (κ3) is 5.27. The molecule has 30 heavy (non-hydrogen) atoms. The zero-order valence-electron chi connectivity index (χ0n) is 16.9. The average Bonchev–Trinajstić information content (AvgIpc) is 3.45. The fourth-order valence-electron chi connectivity index (χ4n) is 3.39. The number of hydrogen-bond acceptors (Lipinski definition) is 7. The molecule has 0 aliphatic carbocycles. The van der Waals surface area contributed by atoms with Gasteiger partial charge in [-0.1, -0.05) is 0 Å². The van der Waals surface area contributed by atoms with Gasteiger partial charge in [0.15, 0.2) is 0 Å². The van der Waals surface area contributed by atoms with Crippen LogP contribution >= 0.6 is 11.3 Å². The average molecular weight is 428 g/mol. The van der Waals surface area contributed by atoms with Crippen LogP contribution in [0.15, 0.2) is 51.7 Å². The molecule has 1 aromatic carbocycles. The fourth-order valence-corrected chi connectivity index (χ4v) is 3.93. The molecular formula is C22H25N3O4S. The van der Waals surface area contributed by atoms with Crippen molar-refractivity contribution in [1.82, 2.24) is 15.2 Å². The second-order valence-electron chi connectivity index (χ2n) is 7.12. The maximum absolute atomic E-state index is 12.7. The topological polar surface area (TPSA) is 76.8 Å². The van der Waals surface area contributed by atoms with Crippen LogP contribution in [0.4, 0.5) is 0 Å². The molecule has 1 amide bonds. The Morgan fingerprint density at radius 2 is 2.03 bits per heavy atom. The van der Waals surface area contributed by atoms with E-state index in [9.17, 15) is 4.79 Å². The molecule has 8 heteroatoms. The molecule has 1 saturated heterocycles. The molecule has 1 atom stereocenters. The Labute approximate surface area is 179 Å². The van der Waals surface area contributed by atoms with Crippen molar-refractivity contribution in [3.8, 4) is 5.75 Å². The summed E-state index contributed by atoms with van der Waals surface area (Å²) in [5, 5.41) is 5.00. The largest absolute Gasteiger partial charge is 0.487 e. The van der Waals surface area contributed by atoms with E-state index >= 15 is 0 Å². The summed E-state index contributed by atoms with van der Waals surface area (Å²) in [7, 11) is 0. The summed E-state index contributed by atoms with van der Waals surface area (Å²) in [5.74, 6) is 2.31. The molecule has 0 saturated carbocycles. The van der Waals surface area contributed by atoms with Gasteiger partial charge < -0.3 is 19.2 Å². The van der Waals surface area contributed by atoms with Gasteiger partial charge in [-0.3, -0.25) is 9.69 Å². The van der Waals surface area contributed by atoms with Gasteiger partial charge in [-0.15, -0.1) is 11.3 Å². The molecule has 4 rings (SSSR count). The SMILES string of the molecule is Cc1ccc(C(CNC(=O)c2ccc(OCc3cscn3)cc2)N2CCOCC2)o1. The number of rotatable bonds is 8. The zero-order chi connectivity index (χ0) is 20.8. The lowest BCUT2D eigenvalue weighted by atomic mass is 10.1. The maximum Gasteiger partial charge on any atom is 0.251 e. The second-order valence-corrected chi connectivity index (χ2v) is 7.83. The van der Waals surface area contributed by atoms with Crippen LogP contribution < -0.4 is 10.1 Å². The first kappa shape index (κ1) is 20.6. The van der Waals surface area contributed by atoms with Gasteiger partial charge in [-0.2, -0.15) is 0 Å². The Balaban J connectivity index is 1.35. The van der Waals surface area contributed by atoms with Crippen LogP contribution in [0.1, 0.15) is 33.6 Å². The quantitative estimate of drug-likeness (QED) is 0.594. The van der Waals surface area contributed by atoms with Gasteiger partial charge in [0.1, 0.15) is 23.9 Å². The molecule has 1 aliphatic heterocycles. The van der Waals surface area contributed by atoms with Gasteiger partial charge in [0.25, 0.3) is 5.91 Å². The number of carbonyl (C=O) groups excluding carboxylic acids is 1. The molecule has 0 spiro atoms. The summed E-state index contributed by atoms with van der Waals surface area (Å²) in [6.45, 7) is 5.80. The lowest BCUT2D eigenvalue weighted by Crippen LogP contribution is -2.43. The van der Waals surface area contributed by atoms with Crippen LogP contribution in [0.25, 0.3) is 0 Å². The Kier molecular flexibility index (Phi) is 6.78. The van der Waals surface area contributed by atoms with Crippen LogP contribution in [-0.2, 0) is 11.3 Å². The molecule has 1 fully saturated rings. The normalized spacial score (nSPS) is 15.6. The van der Waals surface area contributed by atoms with Crippen LogP contribution in [0.3, 0.4) is 0 Å². The summed E-state index contributed by atoms with van der Waals surface area (Å²) in [5.41, 5.74) is 3.26. The van der Waals surface area contributed by atoms with Crippen molar-refractivity contribution < 1.29 is 18.7 Å². The number of benzene rings is 1. The van der Waals surface area contributed by atoms with Crippen molar-refractivity contribution >= 4 is 17.2 Å². The standard InChI is InChI=1S/C22H25N3O4S/c1-16-2-7-21(29-16)20(25-8-10-27-11-9-25)12-23-22(26)17-3-5-19(6-4-17)28-13-18-14-30-15-24-18/h2-7,14-15,20H,8-13H2,1H3,(H,23,26). The second kappa shape index (κ2) is 9.88. The van der Waals surface area contributed by atoms with Gasteiger partial charge in [0.05, 0.1) is 30.5 Å². The van der Waals surface area contributed by atoms with E-state index in [2.05, 4.69) is 15.2 Å². The summed E-state index contributed by atoms with van der Waals surface area (Å²) in [6.07, 6.45) is 0. The number of aromatic nitrogens is 1. The van der Waals surface area contributed by atoms with E-state index in [-0.39, 0.29) is 11.9 Å². The Morgan fingerprint density at radius 3 is 2.70 bits per heavy atom. The first-order valence-corrected chi connectivity index (χ1v) is 10.9. The number of carbonyl (C=O) groups is 1. The highest BCUT2D eigenvalue weighted by atomic mass is 32.1. The summed E-state index contributed by atoms with van der Waals surface area (Å²) < 4.78 is 17.0. The van der Waals surface area contributed by atoms with Crippen LogP contribution in [0, 0.1) is 6.92 Å². The molecular weight excluding hydrogens is 402 g/mol. The van der Waals surface area contributed by atoms with Crippen molar-refractivity contribution in [3.63, 3.8) is 0 Å². The molecule has 1 N–H and O–H groups in total. The highest BCUT2D eigenvalue weighted by Crippen LogP contribution is 2.23. The molecule has 1 unspecified atom stereocenters. The third-order valence-electron chi connectivity index (χ3n) is 5.02. The first-order valence-electron chi connectivity index (χ1n) is 9.95. The fraction of sp³-hybridized carbons (Fsp3) is 0.364. The third-order valence-corrected chi connectivity index (χ3v) is 5.65. The number of aryl methyl sites for hydroxylation is 1. The van der Waals surface area contributed by atoms with Crippen molar-refractivity contribution in [3.05, 3.63) is 70.1 Å². The minimum Gasteiger partial charge on any atom is -0.487 e. The number of morpholine rings is 1. The maximum atomic E-state index is 12.7. The molecule has 158 valence electrons. The van der Waals surface area contributed by atoms with Crippen molar-refractivity contribution in [2.24, 2.45) is 0 Å². The van der Waals surface area contributed by atoms with Gasteiger partial charge in [-0.25, -0.2) is 4.98 Å². The van der Waals surface area contributed by atoms with Gasteiger partial charge >= 0.3 is 0 Å². The van der Waals surface area contributed by atoms with E-state index in [1.165, 1.54) is 11.3 Å². The minimum absolute atomic E-state index is 0.0210. The lowest BCUT2D eigenvalue weighted by Gasteiger charge is -2.33. The van der Waals surface area contributed by atoms with Crippen LogP contribution in [0.2, 0.25) is 0 Å². The molecule has 3 heterocycles. The minimum atomic E-state index is -0.123. The molecule has 7 nitrogen and oxygen atoms in total. The molecule has 3 aromatic rings. The summed E-state index contributed by atoms with van der Waals surface area (Å²) in [6, 6.07) is 11.1. The molecule has 1 aliphatic rings. The smallest absolute Gasteiger partial charge is 0.251 e. The van der Waals surface area contributed by atoms with E-state index in [1.807, 2.05) is 24.4 Å². The number of furan rings is 1. The van der Waals surface area contributed by atoms with Crippen molar-refractivity contribution in [1.29, 1.82) is 0 Å². The highest BCUT2D eigenvalue weighted by Gasteiger charge is 2.25. The Morgan fingerprint density at radius 1 is 1.23 bits per heavy atom. The molecule has 0 radical (unpaired) electrons. The predicted molar refractivity (Wildman–Crippen MR) is 114 cm³/mol. The van der Waals surface area contributed by atoms with E-state index < -0.39 is 0 Å². The van der Waals surface area contributed by atoms with E-state index in [0.717, 1.165) is 30.3 Å². The number of hydrogen-bond donors (Lipinski definition) is 1. The number of thiazole rings is 1. The van der Waals surface area contributed by atoms with Crippen molar-refractivity contribution in [2.45, 2.75) is 19.6 Å². The van der Waals surface area contributed by atoms with E-state index in [0.29, 0.717) is 37.7 Å². The number of ether oxygens (including phenoxy) is 2. The predicted octanol–water partition coefficient (Wildman–Crippen LogP) is 3.43. The molecule has 2 aromatic heterocycles. The van der Waals surface area contributed by atoms with Crippen molar-refractivity contribution in [2.75, 3.05) is 32.8 Å². The van der Waals surface area contributed by atoms with E-state index in [4.69, 9.17) is 13.9 Å². The number of nitrogens with zero attached hydrogens (tertiary/aromatic N) is 2. The van der Waals surface area contributed by atoms with Crippen LogP contribution in [-0.4, -0.2) is 48.6 Å². The van der Waals surface area contributed by atoms with E-state index in [1.54, 1.807) is 29.8 Å². The first-order chi connectivity index (χ1) is 14.7. The van der Waals surface area contributed by atoms with Gasteiger partial charge in [0, 0.05) is 30.6 Å². The summed E-state index contributed by atoms with van der Waals surface area (Å²) >= 11 is 1.54. The Hall–Kier alpha value is -2.68. The lowest BCUT2D eigenvalue weighted by molar-refractivity contribution is 0.0117. The Bertz CT molecular complexity index is 934. The van der Waals surface area contributed by atoms with Crippen LogP contribution in [0.5, 0.6) is 5.75 Å².